The molecule has 0 heterocycles. The lowest BCUT2D eigenvalue weighted by Crippen LogP contribution is -2.10. The Morgan fingerprint density at radius 1 is 1.46 bits per heavy atom. The topological polar surface area (TPSA) is 21.3 Å². The molecule has 0 saturated heterocycles. The quantitative estimate of drug-likeness (QED) is 0.802. The molecule has 1 aromatic carbocycles. The molecule has 2 nitrogen and oxygen atoms in total. The first kappa shape index (κ1) is 10.4. The lowest BCUT2D eigenvalue weighted by atomic mass is 10.1. The molecule has 0 aliphatic carbocycles. The Kier molecular flexibility index (Phi) is 4.06. The molecule has 0 aliphatic rings. The Hall–Kier alpha value is -0.730. The van der Waals surface area contributed by atoms with Crippen LogP contribution in [-0.2, 0) is 6.42 Å². The Balaban J connectivity index is 2.74. The normalized spacial score (nSPS) is 10.1. The molecule has 0 aromatic heterocycles. The summed E-state index contributed by atoms with van der Waals surface area (Å²) in [7, 11) is 3.57. The number of rotatable bonds is 4. The van der Waals surface area contributed by atoms with E-state index in [0.29, 0.717) is 5.02 Å². The van der Waals surface area contributed by atoms with E-state index in [2.05, 4.69) is 5.32 Å². The van der Waals surface area contributed by atoms with Crippen molar-refractivity contribution in [2.24, 2.45) is 0 Å². The van der Waals surface area contributed by atoms with E-state index in [-0.39, 0.29) is 0 Å². The molecule has 72 valence electrons. The maximum absolute atomic E-state index is 5.89. The van der Waals surface area contributed by atoms with Gasteiger partial charge >= 0.3 is 0 Å². The van der Waals surface area contributed by atoms with E-state index in [9.17, 15) is 0 Å². The predicted octanol–water partition coefficient (Wildman–Crippen LogP) is 2.11. The molecule has 1 rings (SSSR count). The van der Waals surface area contributed by atoms with Gasteiger partial charge in [-0.2, -0.15) is 0 Å². The number of likely N-dealkylation sites (N-methyl/N-ethyl adjacent to an activating group) is 1. The van der Waals surface area contributed by atoms with Crippen LogP contribution in [-0.4, -0.2) is 20.7 Å². The Morgan fingerprint density at radius 2 is 2.23 bits per heavy atom. The second-order valence-corrected chi connectivity index (χ2v) is 3.23. The van der Waals surface area contributed by atoms with Gasteiger partial charge in [-0.25, -0.2) is 0 Å². The molecule has 0 radical (unpaired) electrons. The number of benzene rings is 1. The first-order valence-corrected chi connectivity index (χ1v) is 4.62. The van der Waals surface area contributed by atoms with E-state index in [1.165, 1.54) is 5.56 Å². The number of ether oxygens (including phenoxy) is 1. The van der Waals surface area contributed by atoms with Crippen molar-refractivity contribution in [1.82, 2.24) is 5.32 Å². The first-order valence-electron chi connectivity index (χ1n) is 4.25. The summed E-state index contributed by atoms with van der Waals surface area (Å²) in [6.07, 6.45) is 0.990. The monoisotopic (exact) mass is 199 g/mol. The van der Waals surface area contributed by atoms with Crippen LogP contribution in [0.3, 0.4) is 0 Å². The zero-order valence-corrected chi connectivity index (χ0v) is 8.69. The summed E-state index contributed by atoms with van der Waals surface area (Å²) in [4.78, 5) is 0. The standard InChI is InChI=1S/C10H14ClNO/c1-12-6-5-8-3-4-9(11)10(7-8)13-2/h3-4,7,12H,5-6H2,1-2H3. The van der Waals surface area contributed by atoms with E-state index in [1.807, 2.05) is 25.2 Å². The van der Waals surface area contributed by atoms with Crippen LogP contribution in [0.4, 0.5) is 0 Å². The van der Waals surface area contributed by atoms with Crippen LogP contribution in [0, 0.1) is 0 Å². The number of halogens is 1. The first-order chi connectivity index (χ1) is 6.27. The minimum absolute atomic E-state index is 0.663. The Labute approximate surface area is 83.9 Å². The lowest BCUT2D eigenvalue weighted by Gasteiger charge is -2.05. The highest BCUT2D eigenvalue weighted by Gasteiger charge is 2.00. The van der Waals surface area contributed by atoms with Gasteiger partial charge in [0.25, 0.3) is 0 Å². The van der Waals surface area contributed by atoms with Crippen molar-refractivity contribution in [3.05, 3.63) is 28.8 Å². The Bertz CT molecular complexity index is 276. The molecule has 3 heteroatoms. The van der Waals surface area contributed by atoms with E-state index in [1.54, 1.807) is 7.11 Å². The lowest BCUT2D eigenvalue weighted by molar-refractivity contribution is 0.414. The van der Waals surface area contributed by atoms with E-state index >= 15 is 0 Å². The van der Waals surface area contributed by atoms with Gasteiger partial charge in [0.1, 0.15) is 5.75 Å². The average molecular weight is 200 g/mol. The molecule has 0 aliphatic heterocycles. The molecular weight excluding hydrogens is 186 g/mol. The second kappa shape index (κ2) is 5.10. The van der Waals surface area contributed by atoms with Crippen molar-refractivity contribution in [2.75, 3.05) is 20.7 Å². The Morgan fingerprint density at radius 3 is 2.85 bits per heavy atom. The van der Waals surface area contributed by atoms with Gasteiger partial charge in [-0.1, -0.05) is 17.7 Å². The third-order valence-corrected chi connectivity index (χ3v) is 2.19. The second-order valence-electron chi connectivity index (χ2n) is 2.82. The average Bonchev–Trinajstić information content (AvgIpc) is 2.16. The van der Waals surface area contributed by atoms with Gasteiger partial charge < -0.3 is 10.1 Å². The predicted molar refractivity (Wildman–Crippen MR) is 55.6 cm³/mol. The molecule has 0 fully saturated rings. The molecule has 0 unspecified atom stereocenters. The van der Waals surface area contributed by atoms with Crippen LogP contribution in [0.5, 0.6) is 5.75 Å². The van der Waals surface area contributed by atoms with Gasteiger partial charge in [0.05, 0.1) is 12.1 Å². The molecule has 0 saturated carbocycles. The highest BCUT2D eigenvalue weighted by atomic mass is 35.5. The summed E-state index contributed by atoms with van der Waals surface area (Å²) in [5, 5.41) is 3.76. The fourth-order valence-corrected chi connectivity index (χ4v) is 1.32. The molecular formula is C10H14ClNO. The highest BCUT2D eigenvalue weighted by Crippen LogP contribution is 2.24. The maximum atomic E-state index is 5.89. The summed E-state index contributed by atoms with van der Waals surface area (Å²) in [5.41, 5.74) is 1.23. The van der Waals surface area contributed by atoms with Crippen molar-refractivity contribution in [1.29, 1.82) is 0 Å². The summed E-state index contributed by atoms with van der Waals surface area (Å²) < 4.78 is 5.11. The van der Waals surface area contributed by atoms with Gasteiger partial charge in [-0.3, -0.25) is 0 Å². The third-order valence-electron chi connectivity index (χ3n) is 1.88. The summed E-state index contributed by atoms with van der Waals surface area (Å²) in [6.45, 7) is 0.963. The summed E-state index contributed by atoms with van der Waals surface area (Å²) >= 11 is 5.89. The maximum Gasteiger partial charge on any atom is 0.137 e. The van der Waals surface area contributed by atoms with Gasteiger partial charge in [0.2, 0.25) is 0 Å². The smallest absolute Gasteiger partial charge is 0.137 e. The largest absolute Gasteiger partial charge is 0.495 e. The molecule has 13 heavy (non-hydrogen) atoms. The number of methoxy groups -OCH3 is 1. The van der Waals surface area contributed by atoms with Gasteiger partial charge in [-0.05, 0) is 37.7 Å². The highest BCUT2D eigenvalue weighted by molar-refractivity contribution is 6.32. The molecule has 0 bridgehead atoms. The van der Waals surface area contributed by atoms with Crippen molar-refractivity contribution in [3.8, 4) is 5.75 Å². The van der Waals surface area contributed by atoms with Crippen LogP contribution in [0.2, 0.25) is 5.02 Å². The van der Waals surface area contributed by atoms with Gasteiger partial charge in [0.15, 0.2) is 0 Å². The van der Waals surface area contributed by atoms with Crippen LogP contribution < -0.4 is 10.1 Å². The van der Waals surface area contributed by atoms with Crippen molar-refractivity contribution in [3.63, 3.8) is 0 Å². The summed E-state index contributed by atoms with van der Waals surface area (Å²) in [5.74, 6) is 0.746. The molecule has 0 amide bonds. The molecule has 0 atom stereocenters. The zero-order chi connectivity index (χ0) is 9.68. The number of hydrogen-bond donors (Lipinski definition) is 1. The zero-order valence-electron chi connectivity index (χ0n) is 7.93. The minimum atomic E-state index is 0.663. The number of hydrogen-bond acceptors (Lipinski definition) is 2. The van der Waals surface area contributed by atoms with Crippen molar-refractivity contribution < 1.29 is 4.74 Å². The molecule has 1 N–H and O–H groups in total. The SMILES string of the molecule is CNCCc1ccc(Cl)c(OC)c1. The third kappa shape index (κ3) is 2.90. The van der Waals surface area contributed by atoms with E-state index in [4.69, 9.17) is 16.3 Å². The van der Waals surface area contributed by atoms with Gasteiger partial charge in [-0.15, -0.1) is 0 Å². The van der Waals surface area contributed by atoms with Crippen LogP contribution in [0.1, 0.15) is 5.56 Å². The van der Waals surface area contributed by atoms with Crippen LogP contribution >= 0.6 is 11.6 Å². The van der Waals surface area contributed by atoms with Crippen LogP contribution in [0.15, 0.2) is 18.2 Å². The summed E-state index contributed by atoms with van der Waals surface area (Å²) in [6, 6.07) is 5.85. The van der Waals surface area contributed by atoms with Crippen molar-refractivity contribution in [2.45, 2.75) is 6.42 Å². The fraction of sp³-hybridized carbons (Fsp3) is 0.400. The molecule has 0 spiro atoms. The van der Waals surface area contributed by atoms with Crippen molar-refractivity contribution >= 4 is 11.6 Å². The van der Waals surface area contributed by atoms with E-state index < -0.39 is 0 Å². The fourth-order valence-electron chi connectivity index (χ4n) is 1.13. The minimum Gasteiger partial charge on any atom is -0.495 e. The van der Waals surface area contributed by atoms with Gasteiger partial charge in [0, 0.05) is 0 Å². The van der Waals surface area contributed by atoms with E-state index in [0.717, 1.165) is 18.7 Å². The van der Waals surface area contributed by atoms with Crippen LogP contribution in [0.25, 0.3) is 0 Å². The number of nitrogens with one attached hydrogen (secondary N) is 1. The molecule has 1 aromatic rings.